The first kappa shape index (κ1) is 11.6. The lowest BCUT2D eigenvalue weighted by Crippen LogP contribution is -2.43. The monoisotopic (exact) mass is 259 g/mol. The van der Waals surface area contributed by atoms with Gasteiger partial charge in [-0.2, -0.15) is 0 Å². The van der Waals surface area contributed by atoms with Crippen molar-refractivity contribution in [2.24, 2.45) is 0 Å². The Bertz CT molecular complexity index is 506. The summed E-state index contributed by atoms with van der Waals surface area (Å²) in [6.45, 7) is 4.70. The van der Waals surface area contributed by atoms with Crippen LogP contribution in [0.2, 0.25) is 0 Å². The Morgan fingerprint density at radius 2 is 1.79 bits per heavy atom. The number of fused-ring (bicyclic) bond motifs is 3. The highest BCUT2D eigenvalue weighted by molar-refractivity contribution is 5.53. The molecule has 0 saturated heterocycles. The number of hydrogen-bond acceptors (Lipinski definition) is 3. The zero-order valence-corrected chi connectivity index (χ0v) is 11.5. The molecule has 1 aliphatic carbocycles. The van der Waals surface area contributed by atoms with Crippen LogP contribution in [0.5, 0.6) is 11.5 Å². The Kier molecular flexibility index (Phi) is 2.52. The van der Waals surface area contributed by atoms with Crippen LogP contribution in [0.1, 0.15) is 49.8 Å². The third-order valence-electron chi connectivity index (χ3n) is 5.06. The molecule has 0 bridgehead atoms. The summed E-state index contributed by atoms with van der Waals surface area (Å²) in [5.74, 6) is 1.87. The molecule has 1 N–H and O–H groups in total. The van der Waals surface area contributed by atoms with Crippen LogP contribution in [0.3, 0.4) is 0 Å². The first-order valence-electron chi connectivity index (χ1n) is 7.46. The SMILES string of the molecule is CC1NCC2(CCCC2)c2cc3c(cc21)OCCO3. The van der Waals surface area contributed by atoms with E-state index in [1.807, 2.05) is 0 Å². The van der Waals surface area contributed by atoms with E-state index in [4.69, 9.17) is 9.47 Å². The first-order valence-corrected chi connectivity index (χ1v) is 7.46. The molecule has 3 aliphatic rings. The molecule has 4 rings (SSSR count). The average Bonchev–Trinajstić information content (AvgIpc) is 2.92. The molecule has 3 heteroatoms. The zero-order chi connectivity index (χ0) is 12.9. The Balaban J connectivity index is 1.87. The van der Waals surface area contributed by atoms with E-state index in [9.17, 15) is 0 Å². The summed E-state index contributed by atoms with van der Waals surface area (Å²) in [4.78, 5) is 0. The van der Waals surface area contributed by atoms with Gasteiger partial charge in [-0.15, -0.1) is 0 Å². The van der Waals surface area contributed by atoms with Crippen LogP contribution in [0.25, 0.3) is 0 Å². The summed E-state index contributed by atoms with van der Waals surface area (Å²) < 4.78 is 11.5. The van der Waals surface area contributed by atoms with Gasteiger partial charge in [0, 0.05) is 18.0 Å². The first-order chi connectivity index (χ1) is 9.28. The van der Waals surface area contributed by atoms with Gasteiger partial charge in [0.05, 0.1) is 0 Å². The maximum atomic E-state index is 5.78. The fraction of sp³-hybridized carbons (Fsp3) is 0.625. The lowest BCUT2D eigenvalue weighted by atomic mass is 9.72. The van der Waals surface area contributed by atoms with Gasteiger partial charge in [0.1, 0.15) is 13.2 Å². The van der Waals surface area contributed by atoms with E-state index in [0.29, 0.717) is 24.7 Å². The second kappa shape index (κ2) is 4.14. The molecule has 1 aromatic carbocycles. The molecule has 102 valence electrons. The zero-order valence-electron chi connectivity index (χ0n) is 11.5. The van der Waals surface area contributed by atoms with Crippen LogP contribution in [0, 0.1) is 0 Å². The van der Waals surface area contributed by atoms with Crippen LogP contribution in [-0.4, -0.2) is 19.8 Å². The van der Waals surface area contributed by atoms with Crippen molar-refractivity contribution in [1.82, 2.24) is 5.32 Å². The highest BCUT2D eigenvalue weighted by Crippen LogP contribution is 2.49. The molecule has 1 fully saturated rings. The minimum Gasteiger partial charge on any atom is -0.486 e. The molecule has 1 atom stereocenters. The van der Waals surface area contributed by atoms with Gasteiger partial charge >= 0.3 is 0 Å². The van der Waals surface area contributed by atoms with Crippen LogP contribution in [0.15, 0.2) is 12.1 Å². The highest BCUT2D eigenvalue weighted by Gasteiger charge is 2.41. The van der Waals surface area contributed by atoms with Crippen molar-refractivity contribution in [3.05, 3.63) is 23.3 Å². The van der Waals surface area contributed by atoms with Gasteiger partial charge in [-0.3, -0.25) is 0 Å². The Hall–Kier alpha value is -1.22. The smallest absolute Gasteiger partial charge is 0.161 e. The second-order valence-corrected chi connectivity index (χ2v) is 6.17. The van der Waals surface area contributed by atoms with Crippen molar-refractivity contribution < 1.29 is 9.47 Å². The molecule has 1 spiro atoms. The summed E-state index contributed by atoms with van der Waals surface area (Å²) in [7, 11) is 0. The minimum absolute atomic E-state index is 0.345. The van der Waals surface area contributed by atoms with Crippen LogP contribution in [-0.2, 0) is 5.41 Å². The number of hydrogen-bond donors (Lipinski definition) is 1. The van der Waals surface area contributed by atoms with Crippen molar-refractivity contribution in [2.45, 2.75) is 44.1 Å². The van der Waals surface area contributed by atoms with E-state index in [0.717, 1.165) is 18.0 Å². The van der Waals surface area contributed by atoms with Crippen molar-refractivity contribution >= 4 is 0 Å². The normalized spacial score (nSPS) is 27.3. The summed E-state index contributed by atoms with van der Waals surface area (Å²) >= 11 is 0. The Morgan fingerprint density at radius 3 is 2.53 bits per heavy atom. The summed E-state index contributed by atoms with van der Waals surface area (Å²) in [6.07, 6.45) is 5.31. The predicted molar refractivity (Wildman–Crippen MR) is 74.0 cm³/mol. The lowest BCUT2D eigenvalue weighted by molar-refractivity contribution is 0.170. The van der Waals surface area contributed by atoms with Crippen molar-refractivity contribution in [3.63, 3.8) is 0 Å². The molecule has 2 aliphatic heterocycles. The third kappa shape index (κ3) is 1.68. The number of nitrogens with one attached hydrogen (secondary N) is 1. The van der Waals surface area contributed by atoms with Gasteiger partial charge < -0.3 is 14.8 Å². The van der Waals surface area contributed by atoms with E-state index in [1.165, 1.54) is 36.8 Å². The molecule has 19 heavy (non-hydrogen) atoms. The molecule has 0 radical (unpaired) electrons. The van der Waals surface area contributed by atoms with Gasteiger partial charge in [0.2, 0.25) is 0 Å². The van der Waals surface area contributed by atoms with Crippen LogP contribution >= 0.6 is 0 Å². The van der Waals surface area contributed by atoms with E-state index >= 15 is 0 Å². The van der Waals surface area contributed by atoms with E-state index in [-0.39, 0.29) is 0 Å². The van der Waals surface area contributed by atoms with Crippen LogP contribution < -0.4 is 14.8 Å². The average molecular weight is 259 g/mol. The maximum absolute atomic E-state index is 5.78. The highest BCUT2D eigenvalue weighted by atomic mass is 16.6. The number of ether oxygens (including phenoxy) is 2. The maximum Gasteiger partial charge on any atom is 0.161 e. The van der Waals surface area contributed by atoms with Gasteiger partial charge in [-0.25, -0.2) is 0 Å². The van der Waals surface area contributed by atoms with Gasteiger partial charge in [-0.1, -0.05) is 12.8 Å². The van der Waals surface area contributed by atoms with Crippen molar-refractivity contribution in [1.29, 1.82) is 0 Å². The Morgan fingerprint density at radius 1 is 1.11 bits per heavy atom. The molecule has 1 saturated carbocycles. The lowest BCUT2D eigenvalue weighted by Gasteiger charge is -2.40. The summed E-state index contributed by atoms with van der Waals surface area (Å²) in [6, 6.07) is 4.89. The summed E-state index contributed by atoms with van der Waals surface area (Å²) in [5.41, 5.74) is 3.27. The largest absolute Gasteiger partial charge is 0.486 e. The Labute approximate surface area is 114 Å². The molecule has 1 unspecified atom stereocenters. The van der Waals surface area contributed by atoms with Gasteiger partial charge in [0.25, 0.3) is 0 Å². The van der Waals surface area contributed by atoms with E-state index < -0.39 is 0 Å². The molecular weight excluding hydrogens is 238 g/mol. The summed E-state index contributed by atoms with van der Waals surface area (Å²) in [5, 5.41) is 3.68. The van der Waals surface area contributed by atoms with Gasteiger partial charge in [0.15, 0.2) is 11.5 Å². The molecular formula is C16H21NO2. The second-order valence-electron chi connectivity index (χ2n) is 6.17. The van der Waals surface area contributed by atoms with E-state index in [2.05, 4.69) is 24.4 Å². The fourth-order valence-corrected chi connectivity index (χ4v) is 3.97. The number of benzene rings is 1. The molecule has 0 amide bonds. The van der Waals surface area contributed by atoms with Gasteiger partial charge in [-0.05, 0) is 43.0 Å². The topological polar surface area (TPSA) is 30.5 Å². The molecule has 3 nitrogen and oxygen atoms in total. The molecule has 1 aromatic rings. The quantitative estimate of drug-likeness (QED) is 0.777. The van der Waals surface area contributed by atoms with Crippen LogP contribution in [0.4, 0.5) is 0 Å². The van der Waals surface area contributed by atoms with E-state index in [1.54, 1.807) is 0 Å². The van der Waals surface area contributed by atoms with Crippen molar-refractivity contribution in [3.8, 4) is 11.5 Å². The molecule has 2 heterocycles. The fourth-order valence-electron chi connectivity index (χ4n) is 3.97. The predicted octanol–water partition coefficient (Wildman–Crippen LogP) is 2.93. The van der Waals surface area contributed by atoms with Crippen molar-refractivity contribution in [2.75, 3.05) is 19.8 Å². The molecule has 0 aromatic heterocycles. The minimum atomic E-state index is 0.345. The standard InChI is InChI=1S/C16H21NO2/c1-11-12-8-14-15(19-7-6-18-14)9-13(12)16(10-17-11)4-2-3-5-16/h8-9,11,17H,2-7,10H2,1H3. The number of rotatable bonds is 0. The third-order valence-corrected chi connectivity index (χ3v) is 5.06.